The zero-order valence-electron chi connectivity index (χ0n) is 13.2. The van der Waals surface area contributed by atoms with E-state index in [-0.39, 0.29) is 17.4 Å². The Hall–Kier alpha value is -0.980. The lowest BCUT2D eigenvalue weighted by atomic mass is 9.54. The highest BCUT2D eigenvalue weighted by Gasteiger charge is 2.62. The van der Waals surface area contributed by atoms with Crippen LogP contribution in [0.1, 0.15) is 44.8 Å². The third-order valence-electron chi connectivity index (χ3n) is 4.57. The molecule has 6 heteroatoms. The normalized spacial score (nSPS) is 27.2. The summed E-state index contributed by atoms with van der Waals surface area (Å²) in [7, 11) is 0. The number of hydrogen-bond acceptors (Lipinski definition) is 5. The van der Waals surface area contributed by atoms with Crippen LogP contribution in [0.25, 0.3) is 0 Å². The number of thiazole rings is 1. The molecule has 1 amide bonds. The molecule has 0 aliphatic heterocycles. The van der Waals surface area contributed by atoms with E-state index in [1.807, 2.05) is 26.2 Å². The number of rotatable bonds is 6. The van der Waals surface area contributed by atoms with Crippen LogP contribution in [0.3, 0.4) is 0 Å². The van der Waals surface area contributed by atoms with Crippen molar-refractivity contribution in [3.8, 4) is 0 Å². The number of ether oxygens (including phenoxy) is 1. The van der Waals surface area contributed by atoms with Crippen molar-refractivity contribution < 1.29 is 9.53 Å². The Morgan fingerprint density at radius 2 is 2.29 bits per heavy atom. The molecule has 1 heterocycles. The van der Waals surface area contributed by atoms with Gasteiger partial charge in [0.05, 0.1) is 23.4 Å². The van der Waals surface area contributed by atoms with Crippen molar-refractivity contribution in [3.05, 3.63) is 16.1 Å². The van der Waals surface area contributed by atoms with Gasteiger partial charge in [0.2, 0.25) is 5.91 Å². The summed E-state index contributed by atoms with van der Waals surface area (Å²) in [6, 6.07) is 0. The van der Waals surface area contributed by atoms with Crippen LogP contribution in [0.4, 0.5) is 0 Å². The van der Waals surface area contributed by atoms with Crippen molar-refractivity contribution in [1.29, 1.82) is 0 Å². The summed E-state index contributed by atoms with van der Waals surface area (Å²) >= 11 is 1.62. The average molecular weight is 311 g/mol. The van der Waals surface area contributed by atoms with Gasteiger partial charge in [-0.2, -0.15) is 0 Å². The smallest absolute Gasteiger partial charge is 0.241 e. The van der Waals surface area contributed by atoms with Crippen molar-refractivity contribution in [1.82, 2.24) is 10.3 Å². The van der Waals surface area contributed by atoms with Crippen molar-refractivity contribution in [3.63, 3.8) is 0 Å². The lowest BCUT2D eigenvalue weighted by molar-refractivity contribution is -0.170. The van der Waals surface area contributed by atoms with E-state index < -0.39 is 5.54 Å². The molecule has 2 rings (SSSR count). The van der Waals surface area contributed by atoms with Crippen molar-refractivity contribution in [2.75, 3.05) is 6.61 Å². The van der Waals surface area contributed by atoms with Crippen molar-refractivity contribution in [2.45, 2.75) is 58.7 Å². The number of nitrogens with two attached hydrogens (primary N) is 1. The van der Waals surface area contributed by atoms with E-state index >= 15 is 0 Å². The maximum absolute atomic E-state index is 12.4. The Kier molecular flexibility index (Phi) is 4.70. The number of hydrogen-bond donors (Lipinski definition) is 2. The molecule has 118 valence electrons. The molecule has 0 aromatic carbocycles. The second kappa shape index (κ2) is 6.02. The molecule has 1 aromatic heterocycles. The highest BCUT2D eigenvalue weighted by atomic mass is 32.1. The van der Waals surface area contributed by atoms with Gasteiger partial charge in [-0.1, -0.05) is 20.8 Å². The van der Waals surface area contributed by atoms with Crippen molar-refractivity contribution >= 4 is 17.2 Å². The van der Waals surface area contributed by atoms with Gasteiger partial charge in [0.1, 0.15) is 5.54 Å². The van der Waals surface area contributed by atoms with Crippen LogP contribution in [-0.2, 0) is 22.5 Å². The number of aryl methyl sites for hydroxylation is 1. The topological polar surface area (TPSA) is 77.2 Å². The molecule has 1 aromatic rings. The second-order valence-electron chi connectivity index (χ2n) is 6.11. The predicted octanol–water partition coefficient (Wildman–Crippen LogP) is 1.85. The number of amides is 1. The molecule has 1 saturated carbocycles. The fourth-order valence-electron chi connectivity index (χ4n) is 2.74. The summed E-state index contributed by atoms with van der Waals surface area (Å²) < 4.78 is 5.65. The number of carbonyl (C=O) groups is 1. The number of aromatic nitrogens is 1. The third-order valence-corrected chi connectivity index (χ3v) is 5.61. The fraction of sp³-hybridized carbons (Fsp3) is 0.733. The molecule has 0 radical (unpaired) electrons. The predicted molar refractivity (Wildman–Crippen MR) is 84.1 cm³/mol. The summed E-state index contributed by atoms with van der Waals surface area (Å²) in [5.41, 5.74) is 6.00. The van der Waals surface area contributed by atoms with Gasteiger partial charge in [-0.05, 0) is 13.3 Å². The molecule has 1 aliphatic rings. The first kappa shape index (κ1) is 16.4. The van der Waals surface area contributed by atoms with Gasteiger partial charge < -0.3 is 15.8 Å². The first-order valence-electron chi connectivity index (χ1n) is 7.47. The second-order valence-corrected chi connectivity index (χ2v) is 7.05. The van der Waals surface area contributed by atoms with Crippen LogP contribution < -0.4 is 11.1 Å². The molecule has 1 aliphatic carbocycles. The summed E-state index contributed by atoms with van der Waals surface area (Å²) in [4.78, 5) is 16.9. The maximum Gasteiger partial charge on any atom is 0.241 e. The maximum atomic E-state index is 12.4. The third kappa shape index (κ3) is 2.84. The minimum Gasteiger partial charge on any atom is -0.378 e. The van der Waals surface area contributed by atoms with Crippen LogP contribution in [0.5, 0.6) is 0 Å². The number of nitrogens with one attached hydrogen (secondary N) is 1. The molecule has 1 fully saturated rings. The SMILES string of the molecule is CCOC1CC(N)(C(=O)NCc2csc(CC)n2)C1(C)C. The Balaban J connectivity index is 1.94. The highest BCUT2D eigenvalue weighted by molar-refractivity contribution is 7.09. The van der Waals surface area contributed by atoms with Gasteiger partial charge in [-0.3, -0.25) is 4.79 Å². The molecular formula is C15H25N3O2S. The van der Waals surface area contributed by atoms with E-state index in [2.05, 4.69) is 17.2 Å². The van der Waals surface area contributed by atoms with Crippen LogP contribution in [0, 0.1) is 5.41 Å². The molecule has 0 saturated heterocycles. The lowest BCUT2D eigenvalue weighted by Gasteiger charge is -2.57. The van der Waals surface area contributed by atoms with Crippen LogP contribution in [0.15, 0.2) is 5.38 Å². The number of nitrogens with zero attached hydrogens (tertiary/aromatic N) is 1. The van der Waals surface area contributed by atoms with E-state index in [0.29, 0.717) is 19.6 Å². The molecule has 0 spiro atoms. The van der Waals surface area contributed by atoms with Gasteiger partial charge >= 0.3 is 0 Å². The Morgan fingerprint density at radius 3 is 2.81 bits per heavy atom. The average Bonchev–Trinajstić information content (AvgIpc) is 2.92. The first-order valence-corrected chi connectivity index (χ1v) is 8.35. The van der Waals surface area contributed by atoms with Gasteiger partial charge in [0.15, 0.2) is 0 Å². The number of carbonyl (C=O) groups excluding carboxylic acids is 1. The minimum absolute atomic E-state index is 0.0456. The first-order chi connectivity index (χ1) is 9.85. The molecule has 21 heavy (non-hydrogen) atoms. The fourth-order valence-corrected chi connectivity index (χ4v) is 3.49. The monoisotopic (exact) mass is 311 g/mol. The lowest BCUT2D eigenvalue weighted by Crippen LogP contribution is -2.75. The quantitative estimate of drug-likeness (QED) is 0.840. The minimum atomic E-state index is -0.865. The van der Waals surface area contributed by atoms with E-state index in [1.165, 1.54) is 0 Å². The molecule has 5 nitrogen and oxygen atoms in total. The van der Waals surface area contributed by atoms with Crippen LogP contribution >= 0.6 is 11.3 Å². The van der Waals surface area contributed by atoms with Crippen LogP contribution in [-0.4, -0.2) is 29.1 Å². The largest absolute Gasteiger partial charge is 0.378 e. The van der Waals surface area contributed by atoms with Gasteiger partial charge in [-0.25, -0.2) is 4.98 Å². The van der Waals surface area contributed by atoms with E-state index in [0.717, 1.165) is 17.1 Å². The highest BCUT2D eigenvalue weighted by Crippen LogP contribution is 2.49. The zero-order chi connectivity index (χ0) is 15.7. The van der Waals surface area contributed by atoms with Crippen molar-refractivity contribution in [2.24, 2.45) is 11.1 Å². The van der Waals surface area contributed by atoms with E-state index in [1.54, 1.807) is 11.3 Å². The Bertz CT molecular complexity index is 515. The zero-order valence-corrected chi connectivity index (χ0v) is 14.0. The van der Waals surface area contributed by atoms with E-state index in [9.17, 15) is 4.79 Å². The van der Waals surface area contributed by atoms with Gasteiger partial charge in [0.25, 0.3) is 0 Å². The molecule has 2 atom stereocenters. The summed E-state index contributed by atoms with van der Waals surface area (Å²) in [5.74, 6) is -0.116. The van der Waals surface area contributed by atoms with E-state index in [4.69, 9.17) is 10.5 Å². The summed E-state index contributed by atoms with van der Waals surface area (Å²) in [6.45, 7) is 9.10. The standard InChI is InChI=1S/C15H25N3O2S/c1-5-12-18-10(9-21-12)8-17-13(19)15(16)7-11(20-6-2)14(15,3)4/h9,11H,5-8,16H2,1-4H3,(H,17,19). The molecule has 3 N–H and O–H groups in total. The van der Waals surface area contributed by atoms with Gasteiger partial charge in [-0.15, -0.1) is 11.3 Å². The summed E-state index contributed by atoms with van der Waals surface area (Å²) in [6.07, 6.45) is 1.53. The molecule has 2 unspecified atom stereocenters. The Labute approximate surface area is 130 Å². The molecular weight excluding hydrogens is 286 g/mol. The Morgan fingerprint density at radius 1 is 1.57 bits per heavy atom. The van der Waals surface area contributed by atoms with Gasteiger partial charge in [0, 0.05) is 23.8 Å². The summed E-state index contributed by atoms with van der Waals surface area (Å²) in [5, 5.41) is 5.99. The van der Waals surface area contributed by atoms with Crippen LogP contribution in [0.2, 0.25) is 0 Å². The molecule has 0 bridgehead atoms.